The van der Waals surface area contributed by atoms with Gasteiger partial charge in [0, 0.05) is 12.6 Å². The zero-order valence-corrected chi connectivity index (χ0v) is 17.0. The van der Waals surface area contributed by atoms with Crippen LogP contribution in [-0.2, 0) is 9.84 Å². The average molecular weight is 388 g/mol. The van der Waals surface area contributed by atoms with Gasteiger partial charge in [-0.05, 0) is 38.0 Å². The van der Waals surface area contributed by atoms with Crippen molar-refractivity contribution in [3.63, 3.8) is 0 Å². The SMILES string of the molecule is CCN=C(NC(CC)CS(=O)(=O)c1ccccc1)NC(C)c1ccccc1. The molecule has 2 atom stereocenters. The number of hydrogen-bond donors (Lipinski definition) is 2. The first-order valence-corrected chi connectivity index (χ1v) is 11.0. The van der Waals surface area contributed by atoms with Crippen molar-refractivity contribution < 1.29 is 8.42 Å². The summed E-state index contributed by atoms with van der Waals surface area (Å²) in [4.78, 5) is 4.83. The van der Waals surface area contributed by atoms with E-state index in [0.29, 0.717) is 23.8 Å². The van der Waals surface area contributed by atoms with Crippen LogP contribution in [0, 0.1) is 0 Å². The van der Waals surface area contributed by atoms with Crippen molar-refractivity contribution in [3.05, 3.63) is 66.2 Å². The van der Waals surface area contributed by atoms with E-state index in [-0.39, 0.29) is 17.8 Å². The molecule has 0 bridgehead atoms. The van der Waals surface area contributed by atoms with Crippen LogP contribution in [0.2, 0.25) is 0 Å². The largest absolute Gasteiger partial charge is 0.353 e. The fraction of sp³-hybridized carbons (Fsp3) is 0.381. The second-order valence-corrected chi connectivity index (χ2v) is 8.48. The van der Waals surface area contributed by atoms with Crippen molar-refractivity contribution in [3.8, 4) is 0 Å². The highest BCUT2D eigenvalue weighted by atomic mass is 32.2. The molecule has 0 aliphatic carbocycles. The second kappa shape index (κ2) is 10.1. The van der Waals surface area contributed by atoms with Gasteiger partial charge in [-0.25, -0.2) is 8.42 Å². The van der Waals surface area contributed by atoms with Crippen LogP contribution in [-0.4, -0.2) is 32.7 Å². The number of hydrogen-bond acceptors (Lipinski definition) is 3. The van der Waals surface area contributed by atoms with Gasteiger partial charge in [-0.3, -0.25) is 4.99 Å². The average Bonchev–Trinajstić information content (AvgIpc) is 2.68. The third-order valence-electron chi connectivity index (χ3n) is 4.33. The molecule has 5 nitrogen and oxygen atoms in total. The minimum atomic E-state index is -3.36. The van der Waals surface area contributed by atoms with Crippen LogP contribution in [0.1, 0.15) is 38.8 Å². The van der Waals surface area contributed by atoms with Gasteiger partial charge < -0.3 is 10.6 Å². The molecule has 0 fully saturated rings. The second-order valence-electron chi connectivity index (χ2n) is 6.44. The molecule has 2 rings (SSSR count). The van der Waals surface area contributed by atoms with Gasteiger partial charge in [0.2, 0.25) is 0 Å². The van der Waals surface area contributed by atoms with E-state index in [9.17, 15) is 8.42 Å². The maximum absolute atomic E-state index is 12.7. The Morgan fingerprint density at radius 2 is 1.56 bits per heavy atom. The summed E-state index contributed by atoms with van der Waals surface area (Å²) in [6.07, 6.45) is 0.677. The van der Waals surface area contributed by atoms with Crippen molar-refractivity contribution in [1.29, 1.82) is 0 Å². The monoisotopic (exact) mass is 387 g/mol. The fourth-order valence-corrected chi connectivity index (χ4v) is 4.38. The van der Waals surface area contributed by atoms with Crippen molar-refractivity contribution in [2.45, 2.75) is 44.2 Å². The highest BCUT2D eigenvalue weighted by Gasteiger charge is 2.21. The smallest absolute Gasteiger partial charge is 0.191 e. The van der Waals surface area contributed by atoms with Gasteiger partial charge in [-0.2, -0.15) is 0 Å². The topological polar surface area (TPSA) is 70.6 Å². The molecule has 0 aliphatic rings. The number of aliphatic imine (C=N–C) groups is 1. The Morgan fingerprint density at radius 3 is 2.11 bits per heavy atom. The number of rotatable bonds is 8. The Hall–Kier alpha value is -2.34. The molecule has 0 aromatic heterocycles. The number of sulfone groups is 1. The van der Waals surface area contributed by atoms with Gasteiger partial charge in [-0.1, -0.05) is 55.5 Å². The van der Waals surface area contributed by atoms with Crippen molar-refractivity contribution >= 4 is 15.8 Å². The van der Waals surface area contributed by atoms with Crippen LogP contribution >= 0.6 is 0 Å². The summed E-state index contributed by atoms with van der Waals surface area (Å²) in [5.74, 6) is 0.654. The molecular formula is C21H29N3O2S. The fourth-order valence-electron chi connectivity index (χ4n) is 2.77. The number of nitrogens with one attached hydrogen (secondary N) is 2. The lowest BCUT2D eigenvalue weighted by Gasteiger charge is -2.23. The summed E-state index contributed by atoms with van der Waals surface area (Å²) in [6.45, 7) is 6.60. The Morgan fingerprint density at radius 1 is 0.963 bits per heavy atom. The highest BCUT2D eigenvalue weighted by molar-refractivity contribution is 7.91. The third kappa shape index (κ3) is 6.40. The van der Waals surface area contributed by atoms with Gasteiger partial charge in [0.1, 0.15) is 0 Å². The summed E-state index contributed by atoms with van der Waals surface area (Å²) in [5, 5.41) is 6.66. The number of guanidine groups is 1. The molecule has 2 N–H and O–H groups in total. The summed E-state index contributed by atoms with van der Waals surface area (Å²) in [5.41, 5.74) is 1.15. The normalized spacial score (nSPS) is 14.4. The molecule has 2 aromatic carbocycles. The van der Waals surface area contributed by atoms with E-state index in [0.717, 1.165) is 5.56 Å². The predicted octanol–water partition coefficient (Wildman–Crippen LogP) is 3.56. The third-order valence-corrected chi connectivity index (χ3v) is 6.16. The molecule has 2 aromatic rings. The molecule has 0 spiro atoms. The van der Waals surface area contributed by atoms with Gasteiger partial charge in [-0.15, -0.1) is 0 Å². The van der Waals surface area contributed by atoms with Crippen LogP contribution < -0.4 is 10.6 Å². The van der Waals surface area contributed by atoms with E-state index in [1.54, 1.807) is 24.3 Å². The lowest BCUT2D eigenvalue weighted by atomic mass is 10.1. The molecule has 0 aliphatic heterocycles. The Labute approximate surface area is 162 Å². The van der Waals surface area contributed by atoms with E-state index >= 15 is 0 Å². The van der Waals surface area contributed by atoms with Crippen molar-refractivity contribution in [1.82, 2.24) is 10.6 Å². The first kappa shape index (κ1) is 21.0. The molecule has 0 radical (unpaired) electrons. The number of nitrogens with zero attached hydrogens (tertiary/aromatic N) is 1. The van der Waals surface area contributed by atoms with Gasteiger partial charge >= 0.3 is 0 Å². The quantitative estimate of drug-likeness (QED) is 0.537. The van der Waals surface area contributed by atoms with Crippen molar-refractivity contribution in [2.24, 2.45) is 4.99 Å². The molecule has 0 heterocycles. The molecule has 0 saturated carbocycles. The Kier molecular flexibility index (Phi) is 7.85. The van der Waals surface area contributed by atoms with E-state index < -0.39 is 9.84 Å². The van der Waals surface area contributed by atoms with E-state index in [4.69, 9.17) is 0 Å². The van der Waals surface area contributed by atoms with Crippen molar-refractivity contribution in [2.75, 3.05) is 12.3 Å². The van der Waals surface area contributed by atoms with Gasteiger partial charge in [0.05, 0.1) is 16.7 Å². The lowest BCUT2D eigenvalue weighted by Crippen LogP contribution is -2.46. The molecule has 0 amide bonds. The molecule has 6 heteroatoms. The van der Waals surface area contributed by atoms with Gasteiger partial charge in [0.15, 0.2) is 15.8 Å². The molecule has 146 valence electrons. The zero-order valence-electron chi connectivity index (χ0n) is 16.2. The molecular weight excluding hydrogens is 358 g/mol. The maximum Gasteiger partial charge on any atom is 0.191 e. The summed E-state index contributed by atoms with van der Waals surface area (Å²) in [7, 11) is -3.36. The molecule has 27 heavy (non-hydrogen) atoms. The van der Waals surface area contributed by atoms with Crippen LogP contribution in [0.4, 0.5) is 0 Å². The molecule has 0 saturated heterocycles. The Balaban J connectivity index is 2.08. The maximum atomic E-state index is 12.7. The minimum absolute atomic E-state index is 0.0254. The highest BCUT2D eigenvalue weighted by Crippen LogP contribution is 2.13. The minimum Gasteiger partial charge on any atom is -0.353 e. The standard InChI is InChI=1S/C21H29N3O2S/c1-4-19(16-27(25,26)20-14-10-7-11-15-20)24-21(22-5-2)23-17(3)18-12-8-6-9-13-18/h6-15,17,19H,4-5,16H2,1-3H3,(H2,22,23,24). The van der Waals surface area contributed by atoms with E-state index in [1.165, 1.54) is 0 Å². The van der Waals surface area contributed by atoms with Crippen LogP contribution in [0.15, 0.2) is 70.6 Å². The summed E-state index contributed by atoms with van der Waals surface area (Å²) < 4.78 is 25.4. The zero-order chi connectivity index (χ0) is 19.7. The van der Waals surface area contributed by atoms with E-state index in [2.05, 4.69) is 34.7 Å². The lowest BCUT2D eigenvalue weighted by molar-refractivity contribution is 0.564. The first-order chi connectivity index (χ1) is 13.0. The predicted molar refractivity (Wildman–Crippen MR) is 112 cm³/mol. The first-order valence-electron chi connectivity index (χ1n) is 9.36. The van der Waals surface area contributed by atoms with Crippen LogP contribution in [0.3, 0.4) is 0 Å². The van der Waals surface area contributed by atoms with Gasteiger partial charge in [0.25, 0.3) is 0 Å². The van der Waals surface area contributed by atoms with E-state index in [1.807, 2.05) is 38.1 Å². The summed E-state index contributed by atoms with van der Waals surface area (Å²) >= 11 is 0. The molecule has 2 unspecified atom stereocenters. The number of benzene rings is 2. The summed E-state index contributed by atoms with van der Waals surface area (Å²) in [6, 6.07) is 18.5. The Bertz CT molecular complexity index is 821. The van der Waals surface area contributed by atoms with Crippen LogP contribution in [0.5, 0.6) is 0 Å². The van der Waals surface area contributed by atoms with Crippen LogP contribution in [0.25, 0.3) is 0 Å².